The lowest BCUT2D eigenvalue weighted by atomic mass is 9.34. The average Bonchev–Trinajstić information content (AvgIpc) is 3.57. The highest BCUT2D eigenvalue weighted by Gasteiger charge is 2.68. The summed E-state index contributed by atoms with van der Waals surface area (Å²) < 4.78 is 29.8. The zero-order valence-electron chi connectivity index (χ0n) is 33.1. The SMILES string of the molecule is CC1C(C2=CC[C@H](C(=O)OCc3ccccc3)CC2)=CC[C@@]2(C)C1CC[C@]1(C)C2CC[C@@H]2C3CCC[C@]3(NCCC3(O)CCS(=O)(=O)CC3)CC[C@]21C. The van der Waals surface area contributed by atoms with Crippen LogP contribution in [0.2, 0.25) is 0 Å². The van der Waals surface area contributed by atoms with Crippen LogP contribution in [-0.2, 0) is 26.0 Å². The van der Waals surface area contributed by atoms with Gasteiger partial charge in [-0.2, -0.15) is 0 Å². The van der Waals surface area contributed by atoms with Crippen molar-refractivity contribution >= 4 is 15.8 Å². The van der Waals surface area contributed by atoms with E-state index < -0.39 is 15.4 Å². The normalized spacial score (nSPS) is 42.9. The lowest BCUT2D eigenvalue weighted by molar-refractivity contribution is -0.212. The Bertz CT molecular complexity index is 1710. The van der Waals surface area contributed by atoms with E-state index in [1.165, 1.54) is 69.8 Å². The Kier molecular flexibility index (Phi) is 9.95. The summed E-state index contributed by atoms with van der Waals surface area (Å²) in [5.41, 5.74) is 4.43. The number of sulfone groups is 1. The van der Waals surface area contributed by atoms with Crippen molar-refractivity contribution in [2.45, 2.75) is 148 Å². The summed E-state index contributed by atoms with van der Waals surface area (Å²) in [6.45, 7) is 11.8. The highest BCUT2D eigenvalue weighted by Crippen LogP contribution is 2.75. The Hall–Kier alpha value is -1.96. The molecule has 0 spiro atoms. The fourth-order valence-corrected chi connectivity index (χ4v) is 16.0. The Morgan fingerprint density at radius 2 is 1.64 bits per heavy atom. The van der Waals surface area contributed by atoms with Crippen molar-refractivity contribution in [3.8, 4) is 0 Å². The van der Waals surface area contributed by atoms with E-state index in [-0.39, 0.29) is 28.9 Å². The molecule has 1 heterocycles. The van der Waals surface area contributed by atoms with Gasteiger partial charge in [0.15, 0.2) is 9.84 Å². The zero-order valence-corrected chi connectivity index (χ0v) is 34.0. The van der Waals surface area contributed by atoms with Gasteiger partial charge in [0.2, 0.25) is 0 Å². The minimum Gasteiger partial charge on any atom is -0.461 e. The second kappa shape index (κ2) is 13.9. The van der Waals surface area contributed by atoms with E-state index >= 15 is 0 Å². The fourth-order valence-electron chi connectivity index (χ4n) is 14.4. The molecule has 7 aliphatic rings. The minimum atomic E-state index is -2.99. The smallest absolute Gasteiger partial charge is 0.309 e. The predicted molar refractivity (Wildman–Crippen MR) is 212 cm³/mol. The number of ether oxygens (including phenoxy) is 1. The molecule has 1 aliphatic heterocycles. The topological polar surface area (TPSA) is 92.7 Å². The molecule has 10 atom stereocenters. The number of carbonyl (C=O) groups excluding carboxylic acids is 1. The first-order valence-corrected chi connectivity index (χ1v) is 23.3. The van der Waals surface area contributed by atoms with Crippen LogP contribution < -0.4 is 5.32 Å². The van der Waals surface area contributed by atoms with Gasteiger partial charge in [-0.05, 0) is 165 Å². The number of rotatable bonds is 8. The van der Waals surface area contributed by atoms with Gasteiger partial charge < -0.3 is 15.2 Å². The summed E-state index contributed by atoms with van der Waals surface area (Å²) in [7, 11) is -2.99. The lowest BCUT2D eigenvalue weighted by Crippen LogP contribution is -2.67. The monoisotopic (exact) mass is 745 g/mol. The molecular weight excluding hydrogens is 679 g/mol. The summed E-state index contributed by atoms with van der Waals surface area (Å²) in [4.78, 5) is 13.0. The Balaban J connectivity index is 0.930. The third kappa shape index (κ3) is 6.52. The maximum atomic E-state index is 13.0. The van der Waals surface area contributed by atoms with Gasteiger partial charge in [0.25, 0.3) is 0 Å². The molecule has 4 unspecified atom stereocenters. The van der Waals surface area contributed by atoms with Crippen LogP contribution >= 0.6 is 0 Å². The van der Waals surface area contributed by atoms with E-state index in [0.29, 0.717) is 59.9 Å². The van der Waals surface area contributed by atoms with Crippen molar-refractivity contribution in [1.29, 1.82) is 0 Å². The number of benzene rings is 1. The molecule has 292 valence electrons. The first-order chi connectivity index (χ1) is 25.2. The predicted octanol–water partition coefficient (Wildman–Crippen LogP) is 9.13. The molecule has 8 rings (SSSR count). The van der Waals surface area contributed by atoms with Crippen LogP contribution in [0.25, 0.3) is 0 Å². The first-order valence-electron chi connectivity index (χ1n) is 21.5. The molecule has 7 heteroatoms. The van der Waals surface area contributed by atoms with Gasteiger partial charge in [0.1, 0.15) is 6.61 Å². The fraction of sp³-hybridized carbons (Fsp3) is 0.761. The number of fused-ring (bicyclic) bond motifs is 7. The molecule has 53 heavy (non-hydrogen) atoms. The van der Waals surface area contributed by atoms with Gasteiger partial charge in [-0.1, -0.05) is 76.6 Å². The van der Waals surface area contributed by atoms with Crippen molar-refractivity contribution in [3.63, 3.8) is 0 Å². The van der Waals surface area contributed by atoms with Crippen LogP contribution in [-0.4, -0.2) is 48.7 Å². The number of hydrogen-bond donors (Lipinski definition) is 2. The van der Waals surface area contributed by atoms with Crippen LogP contribution in [0.4, 0.5) is 0 Å². The summed E-state index contributed by atoms with van der Waals surface area (Å²) in [5.74, 6) is 3.58. The maximum absolute atomic E-state index is 13.0. The number of hydrogen-bond acceptors (Lipinski definition) is 6. The van der Waals surface area contributed by atoms with E-state index in [1.807, 2.05) is 30.3 Å². The van der Waals surface area contributed by atoms with Crippen LogP contribution in [0.15, 0.2) is 53.6 Å². The van der Waals surface area contributed by atoms with Crippen LogP contribution in [0.5, 0.6) is 0 Å². The number of carbonyl (C=O) groups is 1. The van der Waals surface area contributed by atoms with E-state index in [0.717, 1.165) is 43.2 Å². The van der Waals surface area contributed by atoms with Crippen LogP contribution in [0, 0.1) is 51.8 Å². The average molecular weight is 746 g/mol. The molecule has 4 saturated carbocycles. The summed E-state index contributed by atoms with van der Waals surface area (Å²) in [6, 6.07) is 9.99. The quantitative estimate of drug-likeness (QED) is 0.258. The summed E-state index contributed by atoms with van der Waals surface area (Å²) in [6.07, 6.45) is 22.0. The highest BCUT2D eigenvalue weighted by atomic mass is 32.2. The first kappa shape index (κ1) is 37.9. The Morgan fingerprint density at radius 1 is 0.868 bits per heavy atom. The van der Waals surface area contributed by atoms with Gasteiger partial charge >= 0.3 is 5.97 Å². The molecule has 0 aromatic heterocycles. The second-order valence-electron chi connectivity index (χ2n) is 19.9. The van der Waals surface area contributed by atoms with Crippen molar-refractivity contribution in [2.75, 3.05) is 18.1 Å². The van der Waals surface area contributed by atoms with Crippen LogP contribution in [0.1, 0.15) is 136 Å². The van der Waals surface area contributed by atoms with E-state index in [9.17, 15) is 18.3 Å². The molecule has 0 radical (unpaired) electrons. The molecule has 1 aromatic carbocycles. The van der Waals surface area contributed by atoms with Crippen molar-refractivity contribution in [3.05, 3.63) is 59.2 Å². The third-order valence-corrected chi connectivity index (χ3v) is 19.4. The zero-order chi connectivity index (χ0) is 37.3. The molecule has 5 fully saturated rings. The molecule has 0 bridgehead atoms. The van der Waals surface area contributed by atoms with Gasteiger partial charge in [-0.15, -0.1) is 0 Å². The molecule has 1 saturated heterocycles. The van der Waals surface area contributed by atoms with Crippen molar-refractivity contribution < 1.29 is 23.1 Å². The largest absolute Gasteiger partial charge is 0.461 e. The number of esters is 1. The van der Waals surface area contributed by atoms with Crippen molar-refractivity contribution in [2.24, 2.45) is 51.8 Å². The molecule has 0 amide bonds. The second-order valence-corrected chi connectivity index (χ2v) is 22.2. The lowest BCUT2D eigenvalue weighted by Gasteiger charge is -2.71. The van der Waals surface area contributed by atoms with Crippen molar-refractivity contribution in [1.82, 2.24) is 5.32 Å². The minimum absolute atomic E-state index is 0.0350. The summed E-state index contributed by atoms with van der Waals surface area (Å²) in [5, 5.41) is 15.3. The molecule has 2 N–H and O–H groups in total. The van der Waals surface area contributed by atoms with E-state index in [4.69, 9.17) is 4.74 Å². The number of aliphatic hydroxyl groups is 1. The Morgan fingerprint density at radius 3 is 2.38 bits per heavy atom. The standard InChI is InChI=1S/C46H67NO5S/c1-32-36(34-12-14-35(15-13-34)41(48)52-31-33-9-6-5-7-10-33)18-21-42(2)37(32)19-22-44(4)40(42)17-16-38-39-11-8-20-46(39,24-23-43(38,44)3)47-28-25-45(49)26-29-53(50,51)30-27-45/h5-7,9-10,12,18,32,35,37-40,47,49H,8,11,13-17,19-31H2,1-4H3/t32?,35-,37?,38+,39?,40?,42-,43+,44+,46-/m0/s1. The Labute approximate surface area is 320 Å². The molecule has 6 nitrogen and oxygen atoms in total. The molecular formula is C46H67NO5S. The number of nitrogens with one attached hydrogen (secondary N) is 1. The maximum Gasteiger partial charge on any atom is 0.309 e. The van der Waals surface area contributed by atoms with E-state index in [1.54, 1.807) is 5.57 Å². The highest BCUT2D eigenvalue weighted by molar-refractivity contribution is 7.91. The molecule has 6 aliphatic carbocycles. The van der Waals surface area contributed by atoms with Crippen LogP contribution in [0.3, 0.4) is 0 Å². The molecule has 1 aromatic rings. The summed E-state index contributed by atoms with van der Waals surface area (Å²) >= 11 is 0. The van der Waals surface area contributed by atoms with Gasteiger partial charge in [0.05, 0.1) is 23.0 Å². The van der Waals surface area contributed by atoms with Gasteiger partial charge in [-0.3, -0.25) is 4.79 Å². The van der Waals surface area contributed by atoms with Gasteiger partial charge in [-0.25, -0.2) is 8.42 Å². The van der Waals surface area contributed by atoms with Gasteiger partial charge in [0, 0.05) is 5.54 Å². The third-order valence-electron chi connectivity index (χ3n) is 17.7. The number of allylic oxidation sites excluding steroid dienone is 4. The van der Waals surface area contributed by atoms with E-state index in [2.05, 4.69) is 45.2 Å².